The van der Waals surface area contributed by atoms with Crippen molar-refractivity contribution in [1.82, 2.24) is 9.55 Å². The predicted octanol–water partition coefficient (Wildman–Crippen LogP) is 5.73. The minimum absolute atomic E-state index is 0.164. The zero-order chi connectivity index (χ0) is 29.9. The van der Waals surface area contributed by atoms with Gasteiger partial charge in [-0.15, -0.1) is 0 Å². The van der Waals surface area contributed by atoms with Crippen LogP contribution in [0.1, 0.15) is 61.4 Å². The summed E-state index contributed by atoms with van der Waals surface area (Å²) in [5.41, 5.74) is 0.0546. The number of pyridine rings is 1. The highest BCUT2D eigenvalue weighted by Gasteiger charge is 2.35. The van der Waals surface area contributed by atoms with Gasteiger partial charge in [0, 0.05) is 37.0 Å². The summed E-state index contributed by atoms with van der Waals surface area (Å²) >= 11 is 0. The maximum absolute atomic E-state index is 13.9. The van der Waals surface area contributed by atoms with E-state index in [1.54, 1.807) is 19.1 Å². The summed E-state index contributed by atoms with van der Waals surface area (Å²) in [6, 6.07) is 6.21. The van der Waals surface area contributed by atoms with Gasteiger partial charge in [0.1, 0.15) is 11.8 Å². The van der Waals surface area contributed by atoms with Crippen LogP contribution < -0.4 is 0 Å². The molecule has 0 radical (unpaired) electrons. The first-order valence-electron chi connectivity index (χ1n) is 13.1. The molecular formula is C28H31F3N2O7S. The number of hydrogen-bond donors (Lipinski definition) is 0. The van der Waals surface area contributed by atoms with Crippen LogP contribution in [0, 0.1) is 6.92 Å². The van der Waals surface area contributed by atoms with E-state index in [-0.39, 0.29) is 24.6 Å². The molecule has 0 amide bonds. The van der Waals surface area contributed by atoms with Crippen LogP contribution >= 0.6 is 0 Å². The van der Waals surface area contributed by atoms with Crippen molar-refractivity contribution in [2.45, 2.75) is 82.4 Å². The van der Waals surface area contributed by atoms with Crippen molar-refractivity contribution in [3.63, 3.8) is 0 Å². The van der Waals surface area contributed by atoms with Gasteiger partial charge in [-0.1, -0.05) is 12.5 Å². The molecule has 9 nitrogen and oxygen atoms in total. The Balaban J connectivity index is 1.54. The molecule has 1 aromatic carbocycles. The summed E-state index contributed by atoms with van der Waals surface area (Å²) < 4.78 is 82.7. The Morgan fingerprint density at radius 3 is 2.49 bits per heavy atom. The van der Waals surface area contributed by atoms with Crippen LogP contribution in [0.4, 0.5) is 18.0 Å². The van der Waals surface area contributed by atoms with E-state index in [1.165, 1.54) is 17.7 Å². The second kappa shape index (κ2) is 12.1. The first kappa shape index (κ1) is 30.4. The molecule has 1 saturated carbocycles. The van der Waals surface area contributed by atoms with Crippen LogP contribution in [0.25, 0.3) is 11.0 Å². The van der Waals surface area contributed by atoms with Crippen molar-refractivity contribution in [2.75, 3.05) is 6.26 Å². The van der Waals surface area contributed by atoms with E-state index < -0.39 is 44.9 Å². The maximum Gasteiger partial charge on any atom is 0.511 e. The van der Waals surface area contributed by atoms with Gasteiger partial charge in [0.05, 0.1) is 16.9 Å². The molecule has 2 heterocycles. The first-order chi connectivity index (χ1) is 19.2. The highest BCUT2D eigenvalue weighted by atomic mass is 32.2. The van der Waals surface area contributed by atoms with Crippen LogP contribution in [0.3, 0.4) is 0 Å². The summed E-state index contributed by atoms with van der Waals surface area (Å²) in [5, 5.41) is 0.536. The third kappa shape index (κ3) is 7.38. The highest BCUT2D eigenvalue weighted by Crippen LogP contribution is 2.35. The van der Waals surface area contributed by atoms with E-state index in [1.807, 2.05) is 0 Å². The van der Waals surface area contributed by atoms with E-state index in [9.17, 15) is 31.2 Å². The lowest BCUT2D eigenvalue weighted by Crippen LogP contribution is -2.27. The summed E-state index contributed by atoms with van der Waals surface area (Å²) in [4.78, 5) is 28.7. The average Bonchev–Trinajstić information content (AvgIpc) is 3.14. The number of halogens is 3. The van der Waals surface area contributed by atoms with E-state index in [0.29, 0.717) is 28.4 Å². The van der Waals surface area contributed by atoms with Crippen molar-refractivity contribution >= 4 is 33.0 Å². The summed E-state index contributed by atoms with van der Waals surface area (Å²) in [6.07, 6.45) is -0.565. The lowest BCUT2D eigenvalue weighted by molar-refractivity contribution is -0.168. The molecule has 1 unspecified atom stereocenters. The lowest BCUT2D eigenvalue weighted by atomic mass is 9.98. The molecule has 1 aliphatic carbocycles. The Morgan fingerprint density at radius 2 is 1.83 bits per heavy atom. The van der Waals surface area contributed by atoms with E-state index >= 15 is 0 Å². The summed E-state index contributed by atoms with van der Waals surface area (Å²) in [5.74, 6) is -0.720. The fourth-order valence-corrected chi connectivity index (χ4v) is 5.66. The molecule has 2 aromatic heterocycles. The minimum atomic E-state index is -4.80. The molecule has 0 bridgehead atoms. The standard InChI is InChI=1S/C28H31F3N2O7S/c1-17-23(15-25(34)38-18(2)39-27(35)40-20-8-5-4-6-9-20)22-10-7-13-32-26(22)33(17)16-19-11-12-21(41(3,36)37)14-24(19)28(29,30)31/h7,10-14,18,20H,4-6,8-9,15-16H2,1-3H3. The van der Waals surface area contributed by atoms with E-state index in [0.717, 1.165) is 50.5 Å². The quantitative estimate of drug-likeness (QED) is 0.239. The van der Waals surface area contributed by atoms with Crippen LogP contribution in [0.5, 0.6) is 0 Å². The highest BCUT2D eigenvalue weighted by molar-refractivity contribution is 7.90. The lowest BCUT2D eigenvalue weighted by Gasteiger charge is -2.22. The number of esters is 1. The maximum atomic E-state index is 13.9. The molecule has 0 N–H and O–H groups in total. The molecule has 1 atom stereocenters. The zero-order valence-electron chi connectivity index (χ0n) is 22.9. The first-order valence-corrected chi connectivity index (χ1v) is 15.0. The van der Waals surface area contributed by atoms with Crippen LogP contribution in [0.2, 0.25) is 0 Å². The van der Waals surface area contributed by atoms with Crippen molar-refractivity contribution < 1.29 is 45.4 Å². The van der Waals surface area contributed by atoms with E-state index in [4.69, 9.17) is 14.2 Å². The second-order valence-electron chi connectivity index (χ2n) is 10.1. The molecule has 0 saturated heterocycles. The minimum Gasteiger partial charge on any atom is -0.431 e. The normalized spacial score (nSPS) is 15.5. The number of ether oxygens (including phenoxy) is 3. The number of rotatable bonds is 8. The number of fused-ring (bicyclic) bond motifs is 1. The second-order valence-corrected chi connectivity index (χ2v) is 12.1. The largest absolute Gasteiger partial charge is 0.511 e. The molecule has 1 fully saturated rings. The van der Waals surface area contributed by atoms with Gasteiger partial charge in [0.25, 0.3) is 0 Å². The van der Waals surface area contributed by atoms with Gasteiger partial charge in [0.15, 0.2) is 9.84 Å². The number of hydrogen-bond acceptors (Lipinski definition) is 8. The van der Waals surface area contributed by atoms with Gasteiger partial charge in [-0.25, -0.2) is 18.2 Å². The molecular weight excluding hydrogens is 565 g/mol. The number of aromatic nitrogens is 2. The fraction of sp³-hybridized carbons (Fsp3) is 0.464. The van der Waals surface area contributed by atoms with Crippen molar-refractivity contribution in [3.8, 4) is 0 Å². The third-order valence-corrected chi connectivity index (χ3v) is 8.16. The van der Waals surface area contributed by atoms with Gasteiger partial charge in [0.2, 0.25) is 6.29 Å². The molecule has 1 aliphatic rings. The molecule has 0 spiro atoms. The van der Waals surface area contributed by atoms with Crippen LogP contribution in [0.15, 0.2) is 41.4 Å². The smallest absolute Gasteiger partial charge is 0.431 e. The fourth-order valence-electron chi connectivity index (χ4n) is 5.02. The Morgan fingerprint density at radius 1 is 1.12 bits per heavy atom. The van der Waals surface area contributed by atoms with Crippen LogP contribution in [-0.2, 0) is 48.0 Å². The Labute approximate surface area is 235 Å². The van der Waals surface area contributed by atoms with Gasteiger partial charge < -0.3 is 18.8 Å². The molecule has 41 heavy (non-hydrogen) atoms. The van der Waals surface area contributed by atoms with Gasteiger partial charge >= 0.3 is 18.3 Å². The number of sulfone groups is 1. The summed E-state index contributed by atoms with van der Waals surface area (Å²) in [7, 11) is -3.86. The molecule has 4 rings (SSSR count). The van der Waals surface area contributed by atoms with Crippen molar-refractivity contribution in [2.24, 2.45) is 0 Å². The van der Waals surface area contributed by atoms with Gasteiger partial charge in [-0.3, -0.25) is 4.79 Å². The zero-order valence-corrected chi connectivity index (χ0v) is 23.7. The molecule has 222 valence electrons. The Hall–Kier alpha value is -3.61. The van der Waals surface area contributed by atoms with Gasteiger partial charge in [-0.05, 0) is 68.0 Å². The Kier molecular flexibility index (Phi) is 8.95. The number of alkyl halides is 3. The monoisotopic (exact) mass is 596 g/mol. The van der Waals surface area contributed by atoms with Crippen molar-refractivity contribution in [1.29, 1.82) is 0 Å². The Bertz CT molecular complexity index is 1540. The third-order valence-electron chi connectivity index (χ3n) is 7.05. The molecule has 0 aliphatic heterocycles. The van der Waals surface area contributed by atoms with Crippen molar-refractivity contribution in [3.05, 3.63) is 58.9 Å². The van der Waals surface area contributed by atoms with E-state index in [2.05, 4.69) is 4.98 Å². The topological polar surface area (TPSA) is 114 Å². The van der Waals surface area contributed by atoms with Gasteiger partial charge in [-0.2, -0.15) is 13.2 Å². The summed E-state index contributed by atoms with van der Waals surface area (Å²) in [6.45, 7) is 2.75. The SMILES string of the molecule is Cc1c(CC(=O)OC(C)OC(=O)OC2CCCCC2)c2cccnc2n1Cc1ccc(S(C)(=O)=O)cc1C(F)(F)F. The average molecular weight is 597 g/mol. The molecule has 13 heteroatoms. The molecule has 3 aromatic rings. The number of carbonyl (C=O) groups is 2. The number of carbonyl (C=O) groups excluding carboxylic acids is 2. The predicted molar refractivity (Wildman–Crippen MR) is 142 cm³/mol. The number of nitrogens with zero attached hydrogens (tertiary/aromatic N) is 2. The van der Waals surface area contributed by atoms with Crippen LogP contribution in [-0.4, -0.2) is 48.7 Å². The number of benzene rings is 1.